The fourth-order valence-corrected chi connectivity index (χ4v) is 1.39. The number of halogens is 1. The lowest BCUT2D eigenvalue weighted by Gasteiger charge is -2.04. The first-order valence-corrected chi connectivity index (χ1v) is 6.05. The molecule has 0 radical (unpaired) electrons. The third kappa shape index (κ3) is 5.53. The summed E-state index contributed by atoms with van der Waals surface area (Å²) in [6, 6.07) is 3.41. The van der Waals surface area contributed by atoms with Crippen LogP contribution in [-0.2, 0) is 6.42 Å². The number of carbonyl (C=O) groups excluding carboxylic acids is 1. The van der Waals surface area contributed by atoms with E-state index in [0.29, 0.717) is 17.7 Å². The number of aromatic nitrogens is 1. The second kappa shape index (κ2) is 9.28. The standard InChI is InChI=1S/C13H14FNO.C2H6/c1-3-11(7-10(2)14)8-13-12(9-16)5-4-6-15-13;1-2/h3-7,9H,8H2,1-2H3;1-2H3/b10-7+,11-3+;. The number of allylic oxidation sites excluding steroid dienone is 4. The van der Waals surface area contributed by atoms with Gasteiger partial charge in [0.05, 0.1) is 11.5 Å². The minimum absolute atomic E-state index is 0.253. The first-order valence-electron chi connectivity index (χ1n) is 6.05. The number of hydrogen-bond donors (Lipinski definition) is 0. The van der Waals surface area contributed by atoms with Gasteiger partial charge in [0.15, 0.2) is 6.29 Å². The summed E-state index contributed by atoms with van der Waals surface area (Å²) in [5, 5.41) is 0. The maximum Gasteiger partial charge on any atom is 0.151 e. The molecule has 0 aromatic carbocycles. The van der Waals surface area contributed by atoms with E-state index in [1.165, 1.54) is 13.0 Å². The van der Waals surface area contributed by atoms with E-state index in [1.54, 1.807) is 18.3 Å². The van der Waals surface area contributed by atoms with E-state index in [4.69, 9.17) is 0 Å². The molecule has 0 bridgehead atoms. The van der Waals surface area contributed by atoms with E-state index in [2.05, 4.69) is 4.98 Å². The van der Waals surface area contributed by atoms with E-state index in [-0.39, 0.29) is 5.83 Å². The molecule has 18 heavy (non-hydrogen) atoms. The first-order chi connectivity index (χ1) is 8.67. The highest BCUT2D eigenvalue weighted by molar-refractivity contribution is 5.76. The topological polar surface area (TPSA) is 30.0 Å². The zero-order valence-corrected chi connectivity index (χ0v) is 11.4. The molecular weight excluding hydrogens is 229 g/mol. The molecule has 0 aliphatic heterocycles. The van der Waals surface area contributed by atoms with Gasteiger partial charge in [0.2, 0.25) is 0 Å². The van der Waals surface area contributed by atoms with Gasteiger partial charge in [-0.25, -0.2) is 4.39 Å². The van der Waals surface area contributed by atoms with Crippen LogP contribution in [0.5, 0.6) is 0 Å². The molecule has 0 saturated heterocycles. The molecule has 0 fully saturated rings. The Morgan fingerprint density at radius 2 is 2.11 bits per heavy atom. The van der Waals surface area contributed by atoms with Gasteiger partial charge in [-0.05, 0) is 37.6 Å². The average Bonchev–Trinajstić information content (AvgIpc) is 2.40. The molecule has 1 aromatic heterocycles. The van der Waals surface area contributed by atoms with Crippen molar-refractivity contribution >= 4 is 6.29 Å². The van der Waals surface area contributed by atoms with Gasteiger partial charge >= 0.3 is 0 Å². The van der Waals surface area contributed by atoms with Crippen molar-refractivity contribution in [3.8, 4) is 0 Å². The summed E-state index contributed by atoms with van der Waals surface area (Å²) in [6.45, 7) is 7.22. The Hall–Kier alpha value is -1.77. The van der Waals surface area contributed by atoms with Crippen molar-refractivity contribution < 1.29 is 9.18 Å². The second-order valence-electron chi connectivity index (χ2n) is 3.43. The Kier molecular flexibility index (Phi) is 8.37. The Morgan fingerprint density at radius 3 is 2.61 bits per heavy atom. The summed E-state index contributed by atoms with van der Waals surface area (Å²) in [5.41, 5.74) is 2.02. The van der Waals surface area contributed by atoms with Crippen LogP contribution in [0.2, 0.25) is 0 Å². The molecule has 0 N–H and O–H groups in total. The number of nitrogens with zero attached hydrogens (tertiary/aromatic N) is 1. The highest BCUT2D eigenvalue weighted by atomic mass is 19.1. The maximum atomic E-state index is 12.8. The van der Waals surface area contributed by atoms with Gasteiger partial charge in [-0.3, -0.25) is 9.78 Å². The molecule has 0 aliphatic rings. The minimum atomic E-state index is -0.253. The molecule has 0 saturated carbocycles. The number of aldehydes is 1. The highest BCUT2D eigenvalue weighted by Crippen LogP contribution is 2.12. The van der Waals surface area contributed by atoms with Crippen molar-refractivity contribution in [1.82, 2.24) is 4.98 Å². The fraction of sp³-hybridized carbons (Fsp3) is 0.333. The van der Waals surface area contributed by atoms with E-state index < -0.39 is 0 Å². The van der Waals surface area contributed by atoms with E-state index in [1.807, 2.05) is 26.8 Å². The molecule has 0 amide bonds. The second-order valence-corrected chi connectivity index (χ2v) is 3.43. The average molecular weight is 249 g/mol. The first kappa shape index (κ1) is 16.2. The number of carbonyl (C=O) groups is 1. The molecule has 1 aromatic rings. The van der Waals surface area contributed by atoms with E-state index in [9.17, 15) is 9.18 Å². The van der Waals surface area contributed by atoms with Crippen molar-refractivity contribution in [3.63, 3.8) is 0 Å². The highest BCUT2D eigenvalue weighted by Gasteiger charge is 2.04. The molecule has 1 rings (SSSR count). The zero-order valence-electron chi connectivity index (χ0n) is 11.4. The van der Waals surface area contributed by atoms with E-state index >= 15 is 0 Å². The van der Waals surface area contributed by atoms with Crippen LogP contribution < -0.4 is 0 Å². The quantitative estimate of drug-likeness (QED) is 0.588. The van der Waals surface area contributed by atoms with Gasteiger partial charge in [-0.1, -0.05) is 19.9 Å². The van der Waals surface area contributed by atoms with Crippen molar-refractivity contribution in [1.29, 1.82) is 0 Å². The van der Waals surface area contributed by atoms with Gasteiger partial charge in [-0.15, -0.1) is 0 Å². The van der Waals surface area contributed by atoms with Gasteiger partial charge in [0, 0.05) is 18.2 Å². The minimum Gasteiger partial charge on any atom is -0.298 e. The summed E-state index contributed by atoms with van der Waals surface area (Å²) in [6.07, 6.45) is 6.12. The summed E-state index contributed by atoms with van der Waals surface area (Å²) < 4.78 is 12.8. The predicted molar refractivity (Wildman–Crippen MR) is 73.3 cm³/mol. The predicted octanol–water partition coefficient (Wildman–Crippen LogP) is 4.28. The Balaban J connectivity index is 0.00000137. The molecule has 0 spiro atoms. The molecule has 3 heteroatoms. The van der Waals surface area contributed by atoms with Crippen LogP contribution in [0, 0.1) is 0 Å². The van der Waals surface area contributed by atoms with Gasteiger partial charge in [-0.2, -0.15) is 0 Å². The zero-order chi connectivity index (χ0) is 14.0. The largest absolute Gasteiger partial charge is 0.298 e. The Labute approximate surface area is 108 Å². The van der Waals surface area contributed by atoms with Crippen LogP contribution in [0.15, 0.2) is 41.9 Å². The number of rotatable bonds is 4. The summed E-state index contributed by atoms with van der Waals surface area (Å²) in [7, 11) is 0. The van der Waals surface area contributed by atoms with Crippen molar-refractivity contribution in [3.05, 3.63) is 53.1 Å². The number of hydrogen-bond acceptors (Lipinski definition) is 2. The lowest BCUT2D eigenvalue weighted by Crippen LogP contribution is -1.98. The van der Waals surface area contributed by atoms with Gasteiger partial charge in [0.1, 0.15) is 0 Å². The van der Waals surface area contributed by atoms with Crippen LogP contribution in [0.4, 0.5) is 4.39 Å². The molecule has 1 heterocycles. The van der Waals surface area contributed by atoms with Gasteiger partial charge in [0.25, 0.3) is 0 Å². The van der Waals surface area contributed by atoms with E-state index in [0.717, 1.165) is 11.9 Å². The monoisotopic (exact) mass is 249 g/mol. The molecule has 0 unspecified atom stereocenters. The lowest BCUT2D eigenvalue weighted by molar-refractivity contribution is 0.112. The SMILES string of the molecule is C/C=C(\C=C(/C)F)Cc1ncccc1C=O.CC. The van der Waals surface area contributed by atoms with Crippen LogP contribution >= 0.6 is 0 Å². The number of pyridine rings is 1. The van der Waals surface area contributed by atoms with Crippen LogP contribution in [0.25, 0.3) is 0 Å². The maximum absolute atomic E-state index is 12.8. The summed E-state index contributed by atoms with van der Waals surface area (Å²) in [5.74, 6) is -0.253. The van der Waals surface area contributed by atoms with Crippen molar-refractivity contribution in [2.75, 3.05) is 0 Å². The lowest BCUT2D eigenvalue weighted by atomic mass is 10.1. The Morgan fingerprint density at radius 1 is 1.44 bits per heavy atom. The normalized spacial score (nSPS) is 11.6. The van der Waals surface area contributed by atoms with Crippen LogP contribution in [0.1, 0.15) is 43.7 Å². The third-order valence-corrected chi connectivity index (χ3v) is 2.18. The Bertz CT molecular complexity index is 432. The molecule has 2 nitrogen and oxygen atoms in total. The van der Waals surface area contributed by atoms with Crippen molar-refractivity contribution in [2.45, 2.75) is 34.1 Å². The van der Waals surface area contributed by atoms with Crippen LogP contribution in [-0.4, -0.2) is 11.3 Å². The molecule has 0 atom stereocenters. The molecule has 98 valence electrons. The molecular formula is C15H20FNO. The van der Waals surface area contributed by atoms with Gasteiger partial charge < -0.3 is 0 Å². The summed E-state index contributed by atoms with van der Waals surface area (Å²) >= 11 is 0. The van der Waals surface area contributed by atoms with Crippen molar-refractivity contribution in [2.24, 2.45) is 0 Å². The molecule has 0 aliphatic carbocycles. The fourth-order valence-electron chi connectivity index (χ4n) is 1.39. The third-order valence-electron chi connectivity index (χ3n) is 2.18. The summed E-state index contributed by atoms with van der Waals surface area (Å²) in [4.78, 5) is 14.9. The van der Waals surface area contributed by atoms with Crippen LogP contribution in [0.3, 0.4) is 0 Å². The smallest absolute Gasteiger partial charge is 0.151 e.